The summed E-state index contributed by atoms with van der Waals surface area (Å²) in [4.78, 5) is 24.8. The zero-order chi connectivity index (χ0) is 23.3. The second kappa shape index (κ2) is 10.2. The number of carboxylic acid groups (broad SMARTS) is 1. The highest BCUT2D eigenvalue weighted by Gasteiger charge is 2.42. The lowest BCUT2D eigenvalue weighted by molar-refractivity contribution is -0.146. The van der Waals surface area contributed by atoms with Gasteiger partial charge in [0.1, 0.15) is 11.4 Å². The van der Waals surface area contributed by atoms with Crippen LogP contribution in [0.15, 0.2) is 36.4 Å². The Hall–Kier alpha value is -2.80. The fourth-order valence-electron chi connectivity index (χ4n) is 3.87. The van der Waals surface area contributed by atoms with Gasteiger partial charge in [0.25, 0.3) is 5.91 Å². The Bertz CT molecular complexity index is 988. The van der Waals surface area contributed by atoms with Crippen LogP contribution in [0.5, 0.6) is 11.5 Å². The van der Waals surface area contributed by atoms with Crippen molar-refractivity contribution in [1.82, 2.24) is 5.32 Å². The molecule has 0 aliphatic heterocycles. The van der Waals surface area contributed by atoms with Gasteiger partial charge in [-0.2, -0.15) is 0 Å². The number of carboxylic acids is 1. The van der Waals surface area contributed by atoms with Crippen molar-refractivity contribution in [3.05, 3.63) is 58.4 Å². The summed E-state index contributed by atoms with van der Waals surface area (Å²) in [5.41, 5.74) is -0.594. The molecule has 1 aliphatic rings. The molecule has 1 fully saturated rings. The first-order valence-corrected chi connectivity index (χ1v) is 10.9. The first-order valence-electron chi connectivity index (χ1n) is 10.5. The third-order valence-corrected chi connectivity index (χ3v) is 6.19. The number of carbonyl (C=O) groups is 2. The van der Waals surface area contributed by atoms with Gasteiger partial charge in [0, 0.05) is 17.0 Å². The number of amides is 1. The van der Waals surface area contributed by atoms with Gasteiger partial charge in [0.15, 0.2) is 11.5 Å². The average molecular weight is 464 g/mol. The largest absolute Gasteiger partial charge is 0.493 e. The van der Waals surface area contributed by atoms with Crippen LogP contribution in [0, 0.1) is 11.7 Å². The van der Waals surface area contributed by atoms with Crippen molar-refractivity contribution >= 4 is 23.5 Å². The lowest BCUT2D eigenvalue weighted by atomic mass is 9.77. The highest BCUT2D eigenvalue weighted by molar-refractivity contribution is 6.30. The number of benzene rings is 2. The van der Waals surface area contributed by atoms with E-state index in [-0.39, 0.29) is 24.4 Å². The van der Waals surface area contributed by atoms with Crippen molar-refractivity contribution in [2.24, 2.45) is 5.92 Å². The predicted octanol–water partition coefficient (Wildman–Crippen LogP) is 4.87. The molecule has 32 heavy (non-hydrogen) atoms. The number of ether oxygens (including phenoxy) is 2. The predicted molar refractivity (Wildman–Crippen MR) is 119 cm³/mol. The van der Waals surface area contributed by atoms with Gasteiger partial charge in [-0.25, -0.2) is 9.18 Å². The highest BCUT2D eigenvalue weighted by atomic mass is 35.5. The minimum absolute atomic E-state index is 0.135. The molecule has 2 aromatic rings. The molecule has 0 radical (unpaired) electrons. The van der Waals surface area contributed by atoms with Crippen LogP contribution in [0.3, 0.4) is 0 Å². The lowest BCUT2D eigenvalue weighted by Crippen LogP contribution is -2.56. The Morgan fingerprint density at radius 3 is 2.56 bits per heavy atom. The fourth-order valence-corrected chi connectivity index (χ4v) is 4.07. The first kappa shape index (κ1) is 23.9. The molecule has 0 heterocycles. The monoisotopic (exact) mass is 463 g/mol. The summed E-state index contributed by atoms with van der Waals surface area (Å²) in [5.74, 6) is -0.734. The Morgan fingerprint density at radius 2 is 1.91 bits per heavy atom. The molecule has 172 valence electrons. The van der Waals surface area contributed by atoms with Crippen molar-refractivity contribution in [2.45, 2.75) is 44.6 Å². The highest BCUT2D eigenvalue weighted by Crippen LogP contribution is 2.33. The summed E-state index contributed by atoms with van der Waals surface area (Å²) < 4.78 is 25.0. The van der Waals surface area contributed by atoms with E-state index in [0.717, 1.165) is 12.8 Å². The van der Waals surface area contributed by atoms with Gasteiger partial charge in [-0.3, -0.25) is 4.79 Å². The van der Waals surface area contributed by atoms with E-state index in [2.05, 4.69) is 12.2 Å². The van der Waals surface area contributed by atoms with Gasteiger partial charge in [-0.15, -0.1) is 0 Å². The summed E-state index contributed by atoms with van der Waals surface area (Å²) in [5, 5.41) is 12.9. The van der Waals surface area contributed by atoms with Gasteiger partial charge in [-0.05, 0) is 73.6 Å². The third-order valence-electron chi connectivity index (χ3n) is 5.95. The Morgan fingerprint density at radius 1 is 1.19 bits per heavy atom. The molecule has 1 amide bonds. The number of carbonyl (C=O) groups excluding carboxylic acids is 1. The summed E-state index contributed by atoms with van der Waals surface area (Å²) >= 11 is 5.92. The zero-order valence-electron chi connectivity index (χ0n) is 18.1. The summed E-state index contributed by atoms with van der Waals surface area (Å²) in [6, 6.07) is 8.96. The molecule has 2 aromatic carbocycles. The minimum Gasteiger partial charge on any atom is -0.493 e. The Labute approximate surface area is 191 Å². The van der Waals surface area contributed by atoms with Crippen LogP contribution < -0.4 is 14.8 Å². The molecule has 0 atom stereocenters. The average Bonchev–Trinajstić information content (AvgIpc) is 2.77. The Kier molecular flexibility index (Phi) is 7.61. The molecule has 1 aliphatic carbocycles. The number of hydrogen-bond acceptors (Lipinski definition) is 4. The van der Waals surface area contributed by atoms with Crippen LogP contribution in [0.2, 0.25) is 5.02 Å². The Balaban J connectivity index is 1.72. The molecule has 0 spiro atoms. The lowest BCUT2D eigenvalue weighted by Gasteiger charge is -2.36. The van der Waals surface area contributed by atoms with Crippen molar-refractivity contribution in [3.63, 3.8) is 0 Å². The number of rotatable bonds is 8. The van der Waals surface area contributed by atoms with E-state index in [1.54, 1.807) is 12.1 Å². The molecule has 8 heteroatoms. The number of methoxy groups -OCH3 is 1. The molecule has 0 aromatic heterocycles. The second-order valence-electron chi connectivity index (χ2n) is 8.22. The van der Waals surface area contributed by atoms with Crippen LogP contribution >= 0.6 is 11.6 Å². The van der Waals surface area contributed by atoms with Gasteiger partial charge in [0.2, 0.25) is 0 Å². The van der Waals surface area contributed by atoms with Crippen LogP contribution in [0.4, 0.5) is 4.39 Å². The number of aliphatic carboxylic acids is 1. The van der Waals surface area contributed by atoms with Crippen molar-refractivity contribution < 1.29 is 28.6 Å². The van der Waals surface area contributed by atoms with Crippen molar-refractivity contribution in [3.8, 4) is 11.5 Å². The van der Waals surface area contributed by atoms with E-state index >= 15 is 0 Å². The first-order chi connectivity index (χ1) is 15.2. The maximum atomic E-state index is 13.9. The SMILES string of the molecule is COc1ccc(C(=O)NC2(C(=O)O)CCC(C)CC2)cc1OCCc1cc(Cl)ccc1F. The van der Waals surface area contributed by atoms with Crippen molar-refractivity contribution in [1.29, 1.82) is 0 Å². The number of hydrogen-bond donors (Lipinski definition) is 2. The van der Waals surface area contributed by atoms with E-state index in [1.165, 1.54) is 31.4 Å². The summed E-state index contributed by atoms with van der Waals surface area (Å²) in [6.07, 6.45) is 2.53. The van der Waals surface area contributed by atoms with Gasteiger partial charge in [0.05, 0.1) is 13.7 Å². The molecule has 3 rings (SSSR count). The van der Waals surface area contributed by atoms with Gasteiger partial charge < -0.3 is 19.9 Å². The minimum atomic E-state index is -1.27. The molecule has 6 nitrogen and oxygen atoms in total. The molecular weight excluding hydrogens is 437 g/mol. The third kappa shape index (κ3) is 5.51. The second-order valence-corrected chi connectivity index (χ2v) is 8.66. The van der Waals surface area contributed by atoms with E-state index in [4.69, 9.17) is 21.1 Å². The van der Waals surface area contributed by atoms with E-state index in [9.17, 15) is 19.1 Å². The maximum Gasteiger partial charge on any atom is 0.329 e. The van der Waals surface area contributed by atoms with Gasteiger partial charge in [-0.1, -0.05) is 18.5 Å². The van der Waals surface area contributed by atoms with Crippen LogP contribution in [0.1, 0.15) is 48.5 Å². The number of halogens is 2. The van der Waals surface area contributed by atoms with Crippen LogP contribution in [-0.4, -0.2) is 36.2 Å². The van der Waals surface area contributed by atoms with Crippen LogP contribution in [-0.2, 0) is 11.2 Å². The topological polar surface area (TPSA) is 84.9 Å². The summed E-state index contributed by atoms with van der Waals surface area (Å²) in [6.45, 7) is 2.21. The normalized spacial score (nSPS) is 20.4. The van der Waals surface area contributed by atoms with E-state index in [0.29, 0.717) is 40.8 Å². The molecular formula is C24H27ClFNO5. The van der Waals surface area contributed by atoms with Gasteiger partial charge >= 0.3 is 5.97 Å². The van der Waals surface area contributed by atoms with E-state index < -0.39 is 17.4 Å². The molecule has 0 saturated heterocycles. The fraction of sp³-hybridized carbons (Fsp3) is 0.417. The molecule has 2 N–H and O–H groups in total. The zero-order valence-corrected chi connectivity index (χ0v) is 18.9. The number of nitrogens with one attached hydrogen (secondary N) is 1. The molecule has 1 saturated carbocycles. The molecule has 0 bridgehead atoms. The standard InChI is InChI=1S/C24H27ClFNO5/c1-15-7-10-24(11-8-15,23(29)30)27-22(28)17-3-6-20(31-2)21(14-17)32-12-9-16-13-18(25)4-5-19(16)26/h3-6,13-15H,7-12H2,1-2H3,(H,27,28)(H,29,30). The molecule has 0 unspecified atom stereocenters. The van der Waals surface area contributed by atoms with E-state index in [1.807, 2.05) is 0 Å². The smallest absolute Gasteiger partial charge is 0.329 e. The van der Waals surface area contributed by atoms with Crippen LogP contribution in [0.25, 0.3) is 0 Å². The maximum absolute atomic E-state index is 13.9. The summed E-state index contributed by atoms with van der Waals surface area (Å²) in [7, 11) is 1.47. The quantitative estimate of drug-likeness (QED) is 0.583. The van der Waals surface area contributed by atoms with Crippen molar-refractivity contribution in [2.75, 3.05) is 13.7 Å².